The SMILES string of the molecule is CCCC[C@H](c1cc(F)ccc1C)N1CCNCC1. The number of rotatable bonds is 5. The normalized spacial score (nSPS) is 18.5. The number of hydrogen-bond acceptors (Lipinski definition) is 2. The second-order valence-corrected chi connectivity index (χ2v) is 5.44. The Bertz CT molecular complexity index is 400. The molecule has 1 fully saturated rings. The Kier molecular flexibility index (Phi) is 5.34. The second kappa shape index (κ2) is 7.01. The molecule has 1 aliphatic rings. The van der Waals surface area contributed by atoms with Crippen molar-refractivity contribution in [1.82, 2.24) is 10.2 Å². The van der Waals surface area contributed by atoms with Crippen LogP contribution in [0.4, 0.5) is 4.39 Å². The zero-order chi connectivity index (χ0) is 13.7. The van der Waals surface area contributed by atoms with Gasteiger partial charge >= 0.3 is 0 Å². The fourth-order valence-electron chi connectivity index (χ4n) is 2.90. The summed E-state index contributed by atoms with van der Waals surface area (Å²) >= 11 is 0. The first-order valence-electron chi connectivity index (χ1n) is 7.43. The summed E-state index contributed by atoms with van der Waals surface area (Å²) in [5.41, 5.74) is 2.39. The van der Waals surface area contributed by atoms with Crippen LogP contribution >= 0.6 is 0 Å². The quantitative estimate of drug-likeness (QED) is 0.878. The summed E-state index contributed by atoms with van der Waals surface area (Å²) in [7, 11) is 0. The fraction of sp³-hybridized carbons (Fsp3) is 0.625. The van der Waals surface area contributed by atoms with Gasteiger partial charge < -0.3 is 5.32 Å². The van der Waals surface area contributed by atoms with E-state index in [1.807, 2.05) is 6.07 Å². The van der Waals surface area contributed by atoms with Gasteiger partial charge in [-0.1, -0.05) is 25.8 Å². The van der Waals surface area contributed by atoms with Crippen LogP contribution in [0.5, 0.6) is 0 Å². The highest BCUT2D eigenvalue weighted by atomic mass is 19.1. The molecule has 0 bridgehead atoms. The molecule has 0 saturated carbocycles. The van der Waals surface area contributed by atoms with Crippen LogP contribution in [0.2, 0.25) is 0 Å². The zero-order valence-electron chi connectivity index (χ0n) is 12.1. The molecule has 2 rings (SSSR count). The molecule has 0 unspecified atom stereocenters. The summed E-state index contributed by atoms with van der Waals surface area (Å²) in [6, 6.07) is 5.58. The van der Waals surface area contributed by atoms with Crippen molar-refractivity contribution in [2.45, 2.75) is 39.2 Å². The lowest BCUT2D eigenvalue weighted by molar-refractivity contribution is 0.162. The Morgan fingerprint density at radius 3 is 2.74 bits per heavy atom. The summed E-state index contributed by atoms with van der Waals surface area (Å²) in [6.45, 7) is 8.51. The topological polar surface area (TPSA) is 15.3 Å². The molecule has 1 N–H and O–H groups in total. The molecule has 1 atom stereocenters. The van der Waals surface area contributed by atoms with Crippen molar-refractivity contribution in [3.8, 4) is 0 Å². The molecule has 0 amide bonds. The van der Waals surface area contributed by atoms with Crippen LogP contribution in [-0.2, 0) is 0 Å². The minimum atomic E-state index is -0.114. The fourth-order valence-corrected chi connectivity index (χ4v) is 2.90. The molecule has 1 saturated heterocycles. The lowest BCUT2D eigenvalue weighted by Crippen LogP contribution is -2.45. The number of unbranched alkanes of at least 4 members (excludes halogenated alkanes) is 1. The minimum absolute atomic E-state index is 0.114. The van der Waals surface area contributed by atoms with E-state index in [0.29, 0.717) is 6.04 Å². The summed E-state index contributed by atoms with van der Waals surface area (Å²) in [6.07, 6.45) is 3.52. The summed E-state index contributed by atoms with van der Waals surface area (Å²) in [5, 5.41) is 3.39. The molecular formula is C16H25FN2. The number of nitrogens with one attached hydrogen (secondary N) is 1. The number of hydrogen-bond donors (Lipinski definition) is 1. The van der Waals surface area contributed by atoms with E-state index in [0.717, 1.165) is 32.6 Å². The third-order valence-corrected chi connectivity index (χ3v) is 4.02. The van der Waals surface area contributed by atoms with Gasteiger partial charge in [-0.3, -0.25) is 4.90 Å². The van der Waals surface area contributed by atoms with Gasteiger partial charge in [0.2, 0.25) is 0 Å². The van der Waals surface area contributed by atoms with Crippen molar-refractivity contribution in [3.63, 3.8) is 0 Å². The Balaban J connectivity index is 2.22. The minimum Gasteiger partial charge on any atom is -0.314 e. The van der Waals surface area contributed by atoms with Crippen LogP contribution in [0.25, 0.3) is 0 Å². The van der Waals surface area contributed by atoms with E-state index in [1.54, 1.807) is 12.1 Å². The summed E-state index contributed by atoms with van der Waals surface area (Å²) in [4.78, 5) is 2.51. The van der Waals surface area contributed by atoms with Gasteiger partial charge in [-0.2, -0.15) is 0 Å². The highest BCUT2D eigenvalue weighted by Gasteiger charge is 2.23. The number of aryl methyl sites for hydroxylation is 1. The smallest absolute Gasteiger partial charge is 0.123 e. The van der Waals surface area contributed by atoms with Crippen LogP contribution in [0.1, 0.15) is 43.4 Å². The predicted molar refractivity (Wildman–Crippen MR) is 77.8 cm³/mol. The third-order valence-electron chi connectivity index (χ3n) is 4.02. The Morgan fingerprint density at radius 2 is 2.05 bits per heavy atom. The zero-order valence-corrected chi connectivity index (χ0v) is 12.1. The van der Waals surface area contributed by atoms with E-state index in [4.69, 9.17) is 0 Å². The van der Waals surface area contributed by atoms with Gasteiger partial charge in [0, 0.05) is 32.2 Å². The Morgan fingerprint density at radius 1 is 1.32 bits per heavy atom. The maximum absolute atomic E-state index is 13.6. The first kappa shape index (κ1) is 14.5. The maximum Gasteiger partial charge on any atom is 0.123 e. The molecule has 1 aromatic rings. The molecule has 1 aromatic carbocycles. The summed E-state index contributed by atoms with van der Waals surface area (Å²) < 4.78 is 13.6. The largest absolute Gasteiger partial charge is 0.314 e. The predicted octanol–water partition coefficient (Wildman–Crippen LogP) is 3.27. The molecule has 1 heterocycles. The molecule has 3 heteroatoms. The van der Waals surface area contributed by atoms with E-state index in [9.17, 15) is 4.39 Å². The molecule has 0 aromatic heterocycles. The number of halogens is 1. The molecule has 0 radical (unpaired) electrons. The average molecular weight is 264 g/mol. The van der Waals surface area contributed by atoms with Crippen molar-refractivity contribution in [2.75, 3.05) is 26.2 Å². The van der Waals surface area contributed by atoms with Gasteiger partial charge in [0.25, 0.3) is 0 Å². The van der Waals surface area contributed by atoms with E-state index >= 15 is 0 Å². The van der Waals surface area contributed by atoms with E-state index in [1.165, 1.54) is 24.0 Å². The van der Waals surface area contributed by atoms with Crippen LogP contribution in [0.3, 0.4) is 0 Å². The van der Waals surface area contributed by atoms with E-state index in [-0.39, 0.29) is 5.82 Å². The molecule has 1 aliphatic heterocycles. The number of benzene rings is 1. The van der Waals surface area contributed by atoms with Crippen molar-refractivity contribution < 1.29 is 4.39 Å². The number of piperazine rings is 1. The highest BCUT2D eigenvalue weighted by Crippen LogP contribution is 2.29. The van der Waals surface area contributed by atoms with Crippen LogP contribution in [0.15, 0.2) is 18.2 Å². The average Bonchev–Trinajstić information content (AvgIpc) is 2.44. The molecule has 0 spiro atoms. The lowest BCUT2D eigenvalue weighted by atomic mass is 9.95. The van der Waals surface area contributed by atoms with Crippen LogP contribution in [0, 0.1) is 12.7 Å². The molecular weight excluding hydrogens is 239 g/mol. The first-order chi connectivity index (χ1) is 9.22. The van der Waals surface area contributed by atoms with Gasteiger partial charge in [-0.15, -0.1) is 0 Å². The van der Waals surface area contributed by atoms with Crippen molar-refractivity contribution in [1.29, 1.82) is 0 Å². The Hall–Kier alpha value is -0.930. The monoisotopic (exact) mass is 264 g/mol. The lowest BCUT2D eigenvalue weighted by Gasteiger charge is -2.36. The highest BCUT2D eigenvalue weighted by molar-refractivity contribution is 5.29. The summed E-state index contributed by atoms with van der Waals surface area (Å²) in [5.74, 6) is -0.114. The molecule has 0 aliphatic carbocycles. The van der Waals surface area contributed by atoms with Crippen molar-refractivity contribution in [3.05, 3.63) is 35.1 Å². The van der Waals surface area contributed by atoms with Gasteiger partial charge in [-0.25, -0.2) is 4.39 Å². The van der Waals surface area contributed by atoms with Crippen molar-refractivity contribution in [2.24, 2.45) is 0 Å². The second-order valence-electron chi connectivity index (χ2n) is 5.44. The first-order valence-corrected chi connectivity index (χ1v) is 7.43. The van der Waals surface area contributed by atoms with E-state index < -0.39 is 0 Å². The third kappa shape index (κ3) is 3.77. The molecule has 2 nitrogen and oxygen atoms in total. The standard InChI is InChI=1S/C16H25FN2/c1-3-4-5-16(19-10-8-18-9-11-19)15-12-14(17)7-6-13(15)2/h6-7,12,16,18H,3-5,8-11H2,1-2H3/t16-/m1/s1. The Labute approximate surface area is 116 Å². The van der Waals surface area contributed by atoms with Gasteiger partial charge in [0.15, 0.2) is 0 Å². The van der Waals surface area contributed by atoms with Crippen LogP contribution in [-0.4, -0.2) is 31.1 Å². The molecule has 19 heavy (non-hydrogen) atoms. The van der Waals surface area contributed by atoms with Crippen LogP contribution < -0.4 is 5.32 Å². The van der Waals surface area contributed by atoms with Gasteiger partial charge in [-0.05, 0) is 36.6 Å². The van der Waals surface area contributed by atoms with Gasteiger partial charge in [0.1, 0.15) is 5.82 Å². The van der Waals surface area contributed by atoms with E-state index in [2.05, 4.69) is 24.1 Å². The number of nitrogens with zero attached hydrogens (tertiary/aromatic N) is 1. The van der Waals surface area contributed by atoms with Gasteiger partial charge in [0.05, 0.1) is 0 Å². The maximum atomic E-state index is 13.6. The van der Waals surface area contributed by atoms with Crippen molar-refractivity contribution >= 4 is 0 Å². The molecule has 106 valence electrons.